The minimum absolute atomic E-state index is 0.000885. The van der Waals surface area contributed by atoms with Gasteiger partial charge in [-0.3, -0.25) is 14.3 Å². The van der Waals surface area contributed by atoms with Crippen molar-refractivity contribution in [3.8, 4) is 17.5 Å². The Labute approximate surface area is 204 Å². The topological polar surface area (TPSA) is 95.2 Å². The maximum Gasteiger partial charge on any atom is 0.305 e. The summed E-state index contributed by atoms with van der Waals surface area (Å²) in [6.07, 6.45) is 0.893. The Morgan fingerprint density at radius 2 is 1.76 bits per heavy atom. The van der Waals surface area contributed by atoms with Crippen molar-refractivity contribution in [3.63, 3.8) is 0 Å². The van der Waals surface area contributed by atoms with E-state index >= 15 is 0 Å². The molecule has 0 saturated heterocycles. The summed E-state index contributed by atoms with van der Waals surface area (Å²) < 4.78 is 7.23. The second-order valence-corrected chi connectivity index (χ2v) is 8.72. The van der Waals surface area contributed by atoms with Crippen LogP contribution in [0.15, 0.2) is 54.6 Å². The molecule has 34 heavy (non-hydrogen) atoms. The number of hydrogen-bond donors (Lipinski definition) is 3. The van der Waals surface area contributed by atoms with Crippen molar-refractivity contribution in [2.75, 3.05) is 13.2 Å². The van der Waals surface area contributed by atoms with E-state index in [1.54, 1.807) is 12.1 Å². The number of benzene rings is 2. The van der Waals surface area contributed by atoms with E-state index in [0.717, 1.165) is 35.4 Å². The van der Waals surface area contributed by atoms with E-state index < -0.39 is 5.97 Å². The first-order valence-electron chi connectivity index (χ1n) is 11.3. The fourth-order valence-corrected chi connectivity index (χ4v) is 4.20. The van der Waals surface area contributed by atoms with Crippen molar-refractivity contribution in [3.05, 3.63) is 76.3 Å². The smallest absolute Gasteiger partial charge is 0.305 e. The van der Waals surface area contributed by atoms with Gasteiger partial charge in [-0.15, -0.1) is 0 Å². The predicted octanol–water partition coefficient (Wildman–Crippen LogP) is 5.37. The van der Waals surface area contributed by atoms with Crippen molar-refractivity contribution in [2.45, 2.75) is 45.8 Å². The number of rotatable bonds is 12. The Hall–Kier alpha value is -3.16. The molecule has 0 aliphatic carbocycles. The number of aliphatic carboxylic acids is 1. The van der Waals surface area contributed by atoms with Gasteiger partial charge in [0.15, 0.2) is 11.8 Å². The highest BCUT2D eigenvalue weighted by Crippen LogP contribution is 2.29. The van der Waals surface area contributed by atoms with E-state index in [4.69, 9.17) is 16.3 Å². The molecule has 0 saturated carbocycles. The van der Waals surface area contributed by atoms with Crippen molar-refractivity contribution in [1.29, 1.82) is 0 Å². The second-order valence-electron chi connectivity index (χ2n) is 8.29. The molecule has 1 aromatic heterocycles. The Morgan fingerprint density at radius 1 is 1.09 bits per heavy atom. The van der Waals surface area contributed by atoms with Crippen LogP contribution in [0.4, 0.5) is 0 Å². The highest BCUT2D eigenvalue weighted by Gasteiger charge is 2.23. The number of carboxylic acids is 1. The zero-order valence-electron chi connectivity index (χ0n) is 19.4. The van der Waals surface area contributed by atoms with Gasteiger partial charge in [-0.25, -0.2) is 0 Å². The van der Waals surface area contributed by atoms with Crippen LogP contribution >= 0.6 is 11.6 Å². The lowest BCUT2D eigenvalue weighted by molar-refractivity contribution is -0.138. The number of aromatic hydroxyl groups is 2. The van der Waals surface area contributed by atoms with Gasteiger partial charge in [-0.1, -0.05) is 42.8 Å². The molecular formula is C26H31ClN2O5. The second kappa shape index (κ2) is 11.8. The molecule has 0 unspecified atom stereocenters. The first-order valence-corrected chi connectivity index (χ1v) is 11.7. The summed E-state index contributed by atoms with van der Waals surface area (Å²) in [5.41, 5.74) is 2.94. The summed E-state index contributed by atoms with van der Waals surface area (Å²) >= 11 is 6.04. The van der Waals surface area contributed by atoms with Gasteiger partial charge in [-0.05, 0) is 54.8 Å². The molecule has 3 N–H and O–H groups in total. The molecule has 3 aromatic rings. The van der Waals surface area contributed by atoms with Gasteiger partial charge in [0.25, 0.3) is 0 Å². The summed E-state index contributed by atoms with van der Waals surface area (Å²) in [5.74, 6) is -0.154. The standard InChI is InChI=1S/C26H31ClN2O5/c1-3-12-28(22(16-26(32)33)20-5-7-21(27)8-6-20)17-19-4-9-23(18(2)15-19)34-14-13-29-24(30)10-11-25(29)31/h4-11,15,22,30-31H,3,12-14,16-17H2,1-2H3,(H,32,33)/t22-/m1/s1. The average Bonchev–Trinajstić information content (AvgIpc) is 3.11. The van der Waals surface area contributed by atoms with Gasteiger partial charge < -0.3 is 20.1 Å². The normalized spacial score (nSPS) is 12.1. The van der Waals surface area contributed by atoms with Crippen LogP contribution in [0, 0.1) is 6.92 Å². The van der Waals surface area contributed by atoms with Crippen LogP contribution < -0.4 is 4.74 Å². The van der Waals surface area contributed by atoms with E-state index in [-0.39, 0.29) is 30.8 Å². The molecule has 1 atom stereocenters. The van der Waals surface area contributed by atoms with Crippen LogP contribution in [0.1, 0.15) is 42.5 Å². The third kappa shape index (κ3) is 6.68. The lowest BCUT2D eigenvalue weighted by atomic mass is 10.0. The maximum atomic E-state index is 11.6. The van der Waals surface area contributed by atoms with Gasteiger partial charge in [0.2, 0.25) is 0 Å². The number of aromatic nitrogens is 1. The van der Waals surface area contributed by atoms with Crippen molar-refractivity contribution >= 4 is 17.6 Å². The van der Waals surface area contributed by atoms with Gasteiger partial charge >= 0.3 is 5.97 Å². The van der Waals surface area contributed by atoms with E-state index in [1.807, 2.05) is 37.3 Å². The molecule has 0 aliphatic heterocycles. The minimum atomic E-state index is -0.847. The third-order valence-corrected chi connectivity index (χ3v) is 5.96. The highest BCUT2D eigenvalue weighted by molar-refractivity contribution is 6.30. The molecule has 8 heteroatoms. The van der Waals surface area contributed by atoms with Gasteiger partial charge in [-0.2, -0.15) is 0 Å². The monoisotopic (exact) mass is 486 g/mol. The van der Waals surface area contributed by atoms with E-state index in [9.17, 15) is 20.1 Å². The fourth-order valence-electron chi connectivity index (χ4n) is 4.07. The summed E-state index contributed by atoms with van der Waals surface area (Å²) in [5, 5.41) is 29.6. The molecule has 0 bridgehead atoms. The van der Waals surface area contributed by atoms with Crippen LogP contribution in [0.5, 0.6) is 17.5 Å². The zero-order valence-corrected chi connectivity index (χ0v) is 20.2. The third-order valence-electron chi connectivity index (χ3n) is 5.71. The molecule has 3 rings (SSSR count). The van der Waals surface area contributed by atoms with Crippen LogP contribution in [-0.2, 0) is 17.9 Å². The Morgan fingerprint density at radius 3 is 2.35 bits per heavy atom. The van der Waals surface area contributed by atoms with Crippen LogP contribution in [0.25, 0.3) is 0 Å². The molecule has 0 radical (unpaired) electrons. The van der Waals surface area contributed by atoms with E-state index in [2.05, 4.69) is 11.8 Å². The first kappa shape index (κ1) is 25.5. The largest absolute Gasteiger partial charge is 0.494 e. The Kier molecular flexibility index (Phi) is 8.85. The number of hydrogen-bond acceptors (Lipinski definition) is 5. The molecule has 2 aromatic carbocycles. The van der Waals surface area contributed by atoms with Crippen LogP contribution in [0.2, 0.25) is 5.02 Å². The molecule has 7 nitrogen and oxygen atoms in total. The SMILES string of the molecule is CCCN(Cc1ccc(OCCn2c(O)ccc2O)c(C)c1)[C@H](CC(=O)O)c1ccc(Cl)cc1. The van der Waals surface area contributed by atoms with Crippen LogP contribution in [-0.4, -0.2) is 43.9 Å². The van der Waals surface area contributed by atoms with Gasteiger partial charge in [0.1, 0.15) is 12.4 Å². The van der Waals surface area contributed by atoms with Crippen molar-refractivity contribution < 1.29 is 24.9 Å². The molecule has 0 aliphatic rings. The molecule has 0 spiro atoms. The lowest BCUT2D eigenvalue weighted by Gasteiger charge is -2.31. The quantitative estimate of drug-likeness (QED) is 0.318. The maximum absolute atomic E-state index is 11.6. The summed E-state index contributed by atoms with van der Waals surface area (Å²) in [6.45, 7) is 5.99. The number of aryl methyl sites for hydroxylation is 1. The molecule has 1 heterocycles. The van der Waals surface area contributed by atoms with Crippen molar-refractivity contribution in [2.24, 2.45) is 0 Å². The van der Waals surface area contributed by atoms with E-state index in [1.165, 1.54) is 16.7 Å². The molecule has 0 fully saturated rings. The average molecular weight is 487 g/mol. The number of nitrogens with zero attached hydrogens (tertiary/aromatic N) is 2. The lowest BCUT2D eigenvalue weighted by Crippen LogP contribution is -2.31. The summed E-state index contributed by atoms with van der Waals surface area (Å²) in [4.78, 5) is 13.8. The van der Waals surface area contributed by atoms with Gasteiger partial charge in [0, 0.05) is 29.7 Å². The molecular weight excluding hydrogens is 456 g/mol. The van der Waals surface area contributed by atoms with Gasteiger partial charge in [0.05, 0.1) is 13.0 Å². The first-order chi connectivity index (χ1) is 16.3. The summed E-state index contributed by atoms with van der Waals surface area (Å²) in [7, 11) is 0. The highest BCUT2D eigenvalue weighted by atomic mass is 35.5. The fraction of sp³-hybridized carbons (Fsp3) is 0.346. The predicted molar refractivity (Wildman–Crippen MR) is 132 cm³/mol. The van der Waals surface area contributed by atoms with Crippen LogP contribution in [0.3, 0.4) is 0 Å². The number of carboxylic acid groups (broad SMARTS) is 1. The molecule has 182 valence electrons. The number of carbonyl (C=O) groups is 1. The van der Waals surface area contributed by atoms with E-state index in [0.29, 0.717) is 18.1 Å². The zero-order chi connectivity index (χ0) is 24.7. The minimum Gasteiger partial charge on any atom is -0.494 e. The summed E-state index contributed by atoms with van der Waals surface area (Å²) in [6, 6.07) is 15.9. The Balaban J connectivity index is 1.72. The Bertz CT molecular complexity index is 1080. The number of ether oxygens (including phenoxy) is 1. The van der Waals surface area contributed by atoms with Crippen molar-refractivity contribution in [1.82, 2.24) is 9.47 Å². The number of halogens is 1. The molecule has 0 amide bonds.